The SMILES string of the molecule is COc1ccc(/C=N/N2CC[NH+](C3c4ccccc4-c4ccccc43)CC2)cc1. The number of quaternary nitrogens is 1. The van der Waals surface area contributed by atoms with Gasteiger partial charge in [0.05, 0.1) is 39.5 Å². The highest BCUT2D eigenvalue weighted by atomic mass is 16.5. The van der Waals surface area contributed by atoms with Gasteiger partial charge >= 0.3 is 0 Å². The molecule has 0 saturated carbocycles. The van der Waals surface area contributed by atoms with Crippen LogP contribution in [-0.4, -0.2) is 44.5 Å². The van der Waals surface area contributed by atoms with E-state index in [0.717, 1.165) is 37.5 Å². The second kappa shape index (κ2) is 7.72. The quantitative estimate of drug-likeness (QED) is 0.701. The molecule has 0 radical (unpaired) electrons. The summed E-state index contributed by atoms with van der Waals surface area (Å²) in [4.78, 5) is 1.64. The molecule has 5 rings (SSSR count). The smallest absolute Gasteiger partial charge is 0.140 e. The van der Waals surface area contributed by atoms with E-state index in [0.29, 0.717) is 6.04 Å². The monoisotopic (exact) mass is 384 g/mol. The van der Waals surface area contributed by atoms with E-state index in [1.807, 2.05) is 30.5 Å². The maximum atomic E-state index is 5.22. The van der Waals surface area contributed by atoms with Crippen LogP contribution in [0.2, 0.25) is 0 Å². The summed E-state index contributed by atoms with van der Waals surface area (Å²) in [5.41, 5.74) is 6.85. The molecule has 0 spiro atoms. The Kier molecular flexibility index (Phi) is 4.78. The van der Waals surface area contributed by atoms with Crippen molar-refractivity contribution in [2.24, 2.45) is 5.10 Å². The van der Waals surface area contributed by atoms with E-state index in [-0.39, 0.29) is 0 Å². The Balaban J connectivity index is 1.29. The van der Waals surface area contributed by atoms with Crippen molar-refractivity contribution in [3.8, 4) is 16.9 Å². The van der Waals surface area contributed by atoms with Gasteiger partial charge in [-0.3, -0.25) is 5.01 Å². The molecule has 0 unspecified atom stereocenters. The number of piperazine rings is 1. The molecule has 1 saturated heterocycles. The topological polar surface area (TPSA) is 29.3 Å². The second-order valence-corrected chi connectivity index (χ2v) is 7.74. The van der Waals surface area contributed by atoms with Crippen molar-refractivity contribution in [3.63, 3.8) is 0 Å². The largest absolute Gasteiger partial charge is 0.497 e. The van der Waals surface area contributed by atoms with Crippen molar-refractivity contribution in [2.45, 2.75) is 6.04 Å². The maximum Gasteiger partial charge on any atom is 0.140 e. The summed E-state index contributed by atoms with van der Waals surface area (Å²) in [5.74, 6) is 0.872. The summed E-state index contributed by atoms with van der Waals surface area (Å²) in [6.45, 7) is 4.13. The van der Waals surface area contributed by atoms with Crippen molar-refractivity contribution in [2.75, 3.05) is 33.3 Å². The lowest BCUT2D eigenvalue weighted by Gasteiger charge is -2.34. The number of hydrogen-bond acceptors (Lipinski definition) is 3. The summed E-state index contributed by atoms with van der Waals surface area (Å²) in [7, 11) is 1.69. The van der Waals surface area contributed by atoms with Crippen LogP contribution in [0.3, 0.4) is 0 Å². The van der Waals surface area contributed by atoms with Crippen LogP contribution in [0.5, 0.6) is 5.75 Å². The number of methoxy groups -OCH3 is 1. The number of rotatable bonds is 4. The number of benzene rings is 3. The molecule has 1 aliphatic heterocycles. The molecular formula is C25H26N3O+. The highest BCUT2D eigenvalue weighted by Crippen LogP contribution is 2.41. The molecule has 2 aliphatic rings. The van der Waals surface area contributed by atoms with E-state index in [1.54, 1.807) is 12.0 Å². The van der Waals surface area contributed by atoms with Gasteiger partial charge in [-0.1, -0.05) is 48.5 Å². The van der Waals surface area contributed by atoms with Gasteiger partial charge in [0.15, 0.2) is 0 Å². The van der Waals surface area contributed by atoms with E-state index < -0.39 is 0 Å². The summed E-state index contributed by atoms with van der Waals surface area (Å²) in [5, 5.41) is 6.91. The molecule has 0 amide bonds. The molecule has 4 heteroatoms. The standard InChI is InChI=1S/C25H25N3O/c1-29-20-12-10-19(11-13-20)18-26-28-16-14-27(15-17-28)25-23-8-4-2-6-21(23)22-7-3-5-9-24(22)25/h2-13,18,25H,14-17H2,1H3/p+1/b26-18+. The average Bonchev–Trinajstić information content (AvgIpc) is 3.13. The summed E-state index contributed by atoms with van der Waals surface area (Å²) in [6.07, 6.45) is 1.95. The summed E-state index contributed by atoms with van der Waals surface area (Å²) in [6, 6.07) is 26.3. The van der Waals surface area contributed by atoms with Crippen molar-refractivity contribution in [3.05, 3.63) is 89.5 Å². The van der Waals surface area contributed by atoms with E-state index >= 15 is 0 Å². The van der Waals surface area contributed by atoms with Gasteiger partial charge in [-0.25, -0.2) is 0 Å². The normalized spacial score (nSPS) is 16.8. The Bertz CT molecular complexity index is 975. The summed E-state index contributed by atoms with van der Waals surface area (Å²) < 4.78 is 5.22. The number of nitrogens with zero attached hydrogens (tertiary/aromatic N) is 2. The number of nitrogens with one attached hydrogen (secondary N) is 1. The first-order valence-corrected chi connectivity index (χ1v) is 10.3. The number of fused-ring (bicyclic) bond motifs is 3. The molecule has 3 aromatic rings. The third-order valence-corrected chi connectivity index (χ3v) is 6.11. The highest BCUT2D eigenvalue weighted by Gasteiger charge is 2.37. The van der Waals surface area contributed by atoms with Crippen LogP contribution < -0.4 is 9.64 Å². The van der Waals surface area contributed by atoms with Gasteiger partial charge in [0.25, 0.3) is 0 Å². The van der Waals surface area contributed by atoms with Crippen LogP contribution in [0, 0.1) is 0 Å². The predicted molar refractivity (Wildman–Crippen MR) is 117 cm³/mol. The van der Waals surface area contributed by atoms with Crippen LogP contribution in [0.15, 0.2) is 77.9 Å². The average molecular weight is 385 g/mol. The number of ether oxygens (including phenoxy) is 1. The van der Waals surface area contributed by atoms with Crippen LogP contribution in [0.1, 0.15) is 22.7 Å². The van der Waals surface area contributed by atoms with Crippen LogP contribution in [0.4, 0.5) is 0 Å². The second-order valence-electron chi connectivity index (χ2n) is 7.74. The Morgan fingerprint density at radius 2 is 1.45 bits per heavy atom. The lowest BCUT2D eigenvalue weighted by atomic mass is 10.0. The van der Waals surface area contributed by atoms with E-state index in [4.69, 9.17) is 9.84 Å². The minimum absolute atomic E-state index is 0.440. The van der Waals surface area contributed by atoms with Gasteiger partial charge in [0.2, 0.25) is 0 Å². The van der Waals surface area contributed by atoms with Gasteiger partial charge < -0.3 is 9.64 Å². The molecule has 3 aromatic carbocycles. The Hall–Kier alpha value is -3.11. The fourth-order valence-corrected chi connectivity index (χ4v) is 4.62. The third-order valence-electron chi connectivity index (χ3n) is 6.11. The fraction of sp³-hybridized carbons (Fsp3) is 0.240. The van der Waals surface area contributed by atoms with Crippen LogP contribution in [0.25, 0.3) is 11.1 Å². The first-order chi connectivity index (χ1) is 14.3. The van der Waals surface area contributed by atoms with Gasteiger partial charge in [-0.2, -0.15) is 5.10 Å². The van der Waals surface area contributed by atoms with Gasteiger partial charge in [0, 0.05) is 11.1 Å². The molecule has 146 valence electrons. The molecule has 4 nitrogen and oxygen atoms in total. The van der Waals surface area contributed by atoms with Crippen molar-refractivity contribution in [1.29, 1.82) is 0 Å². The maximum absolute atomic E-state index is 5.22. The van der Waals surface area contributed by atoms with E-state index in [1.165, 1.54) is 22.3 Å². The lowest BCUT2D eigenvalue weighted by molar-refractivity contribution is -0.929. The first-order valence-electron chi connectivity index (χ1n) is 10.3. The van der Waals surface area contributed by atoms with E-state index in [9.17, 15) is 0 Å². The minimum Gasteiger partial charge on any atom is -0.497 e. The number of hydrogen-bond donors (Lipinski definition) is 1. The molecule has 0 aromatic heterocycles. The molecule has 1 fully saturated rings. The zero-order chi connectivity index (χ0) is 19.6. The lowest BCUT2D eigenvalue weighted by Crippen LogP contribution is -3.14. The fourth-order valence-electron chi connectivity index (χ4n) is 4.62. The molecule has 1 N–H and O–H groups in total. The van der Waals surface area contributed by atoms with Crippen molar-refractivity contribution >= 4 is 6.21 Å². The molecule has 1 aliphatic carbocycles. The Morgan fingerprint density at radius 3 is 2.03 bits per heavy atom. The van der Waals surface area contributed by atoms with Crippen LogP contribution >= 0.6 is 0 Å². The minimum atomic E-state index is 0.440. The predicted octanol–water partition coefficient (Wildman–Crippen LogP) is 3.00. The Labute approximate surface area is 172 Å². The Morgan fingerprint density at radius 1 is 0.862 bits per heavy atom. The van der Waals surface area contributed by atoms with Crippen molar-refractivity contribution in [1.82, 2.24) is 5.01 Å². The molecule has 0 bridgehead atoms. The van der Waals surface area contributed by atoms with Gasteiger partial charge in [-0.15, -0.1) is 0 Å². The molecule has 0 atom stereocenters. The third kappa shape index (κ3) is 3.40. The molecule has 1 heterocycles. The zero-order valence-corrected chi connectivity index (χ0v) is 16.7. The zero-order valence-electron chi connectivity index (χ0n) is 16.7. The van der Waals surface area contributed by atoms with Gasteiger partial charge in [0.1, 0.15) is 11.8 Å². The van der Waals surface area contributed by atoms with Crippen LogP contribution in [-0.2, 0) is 0 Å². The highest BCUT2D eigenvalue weighted by molar-refractivity contribution is 5.79. The van der Waals surface area contributed by atoms with Crippen molar-refractivity contribution < 1.29 is 9.64 Å². The summed E-state index contributed by atoms with van der Waals surface area (Å²) >= 11 is 0. The van der Waals surface area contributed by atoms with E-state index in [2.05, 4.69) is 53.5 Å². The molecular weight excluding hydrogens is 358 g/mol. The first kappa shape index (κ1) is 18.0. The number of hydrazone groups is 1. The van der Waals surface area contributed by atoms with Gasteiger partial charge in [-0.05, 0) is 41.0 Å². The molecule has 29 heavy (non-hydrogen) atoms.